The molecule has 1 amide bonds. The number of piperazine rings is 1. The second-order valence-corrected chi connectivity index (χ2v) is 12.2. The first-order valence-electron chi connectivity index (χ1n) is 14.1. The number of carbonyl (C=O) groups is 1. The number of carbonyl (C=O) groups excluding carboxylic acids is 1. The van der Waals surface area contributed by atoms with Crippen molar-refractivity contribution >= 4 is 53.3 Å². The van der Waals surface area contributed by atoms with E-state index in [9.17, 15) is 31.1 Å². The van der Waals surface area contributed by atoms with E-state index < -0.39 is 41.0 Å². The van der Waals surface area contributed by atoms with Crippen LogP contribution >= 0.6 is 36.6 Å². The number of rotatable bonds is 5. The third-order valence-electron chi connectivity index (χ3n) is 7.75. The van der Waals surface area contributed by atoms with Crippen molar-refractivity contribution in [3.05, 3.63) is 82.9 Å². The Morgan fingerprint density at radius 1 is 0.933 bits per heavy atom. The number of thioether (sulfide) groups is 1. The third kappa shape index (κ3) is 9.38. The van der Waals surface area contributed by atoms with Crippen molar-refractivity contribution in [2.75, 3.05) is 38.5 Å². The zero-order valence-electron chi connectivity index (χ0n) is 24.1. The van der Waals surface area contributed by atoms with Crippen LogP contribution in [0.5, 0.6) is 0 Å². The molecule has 1 N–H and O–H groups in total. The Labute approximate surface area is 275 Å². The van der Waals surface area contributed by atoms with Gasteiger partial charge in [0.15, 0.2) is 0 Å². The first kappa shape index (κ1) is 36.7. The molecule has 2 aliphatic rings. The molecule has 45 heavy (non-hydrogen) atoms. The summed E-state index contributed by atoms with van der Waals surface area (Å²) < 4.78 is 81.3. The van der Waals surface area contributed by atoms with Gasteiger partial charge in [0.1, 0.15) is 0 Å². The van der Waals surface area contributed by atoms with E-state index in [0.717, 1.165) is 41.6 Å². The van der Waals surface area contributed by atoms with Gasteiger partial charge in [0, 0.05) is 61.8 Å². The molecule has 0 bridgehead atoms. The van der Waals surface area contributed by atoms with Crippen LogP contribution < -0.4 is 5.32 Å². The van der Waals surface area contributed by atoms with Crippen LogP contribution in [0.25, 0.3) is 10.8 Å². The topological polar surface area (TPSA) is 35.6 Å². The van der Waals surface area contributed by atoms with E-state index in [2.05, 4.69) is 17.3 Å². The Morgan fingerprint density at radius 2 is 1.62 bits per heavy atom. The minimum Gasteiger partial charge on any atom is -0.332 e. The van der Waals surface area contributed by atoms with Crippen molar-refractivity contribution in [2.45, 2.75) is 42.9 Å². The Balaban J connectivity index is 0.00000276. The zero-order valence-corrected chi connectivity index (χ0v) is 26.5. The maximum atomic E-state index is 13.7. The van der Waals surface area contributed by atoms with E-state index in [1.807, 2.05) is 59.1 Å². The molecule has 2 aliphatic heterocycles. The molecule has 2 heterocycles. The van der Waals surface area contributed by atoms with Gasteiger partial charge >= 0.3 is 12.4 Å². The van der Waals surface area contributed by atoms with Crippen LogP contribution in [0.4, 0.5) is 26.3 Å². The number of fused-ring (bicyclic) bond motifs is 1. The predicted molar refractivity (Wildman–Crippen MR) is 171 cm³/mol. The fourth-order valence-electron chi connectivity index (χ4n) is 5.57. The number of benzene rings is 3. The molecule has 0 radical (unpaired) electrons. The van der Waals surface area contributed by atoms with Crippen molar-refractivity contribution in [1.29, 1.82) is 0 Å². The number of amides is 1. The molecule has 0 saturated carbocycles. The normalized spacial score (nSPS) is 18.8. The number of halogens is 8. The molecule has 4 nitrogen and oxygen atoms in total. The molecule has 3 aromatic carbocycles. The van der Waals surface area contributed by atoms with Crippen LogP contribution in [0.3, 0.4) is 0 Å². The molecule has 0 aromatic heterocycles. The van der Waals surface area contributed by atoms with E-state index >= 15 is 0 Å². The van der Waals surface area contributed by atoms with Gasteiger partial charge in [0.05, 0.1) is 17.2 Å². The molecular weight excluding hydrogens is 659 g/mol. The molecule has 244 valence electrons. The van der Waals surface area contributed by atoms with Gasteiger partial charge in [0.25, 0.3) is 5.91 Å². The average Bonchev–Trinajstić information content (AvgIpc) is 2.99. The molecule has 1 unspecified atom stereocenters. The lowest BCUT2D eigenvalue weighted by Crippen LogP contribution is -2.54. The highest BCUT2D eigenvalue weighted by atomic mass is 35.5. The standard InChI is InChI=1S/C32H31F6N3OS.2ClH/c33-31(34,35)25-16-24(17-26(19-25)32(36,37)38)30(42)41-14-13-40(12-4-3-9-28-20-39-11-15-43-28)21-27(41)18-23-8-5-7-22-6-1-2-10-29(22)23;;/h1-2,5-8,10,16-17,19,27-28,39H,3,9,11,13-15,18,20-21H2;2*1H/t27-,28?;;/m1../s1. The van der Waals surface area contributed by atoms with Gasteiger partial charge in [-0.15, -0.1) is 24.8 Å². The second-order valence-electron chi connectivity index (χ2n) is 10.8. The van der Waals surface area contributed by atoms with Crippen LogP contribution in [-0.2, 0) is 18.8 Å². The summed E-state index contributed by atoms with van der Waals surface area (Å²) in [6.07, 6.45) is -8.07. The molecule has 2 fully saturated rings. The quantitative estimate of drug-likeness (QED) is 0.222. The number of nitrogens with one attached hydrogen (secondary N) is 1. The van der Waals surface area contributed by atoms with Crippen LogP contribution in [-0.4, -0.2) is 65.5 Å². The molecule has 5 rings (SSSR count). The molecular formula is C32H33Cl2F6N3OS. The molecule has 0 spiro atoms. The Bertz CT molecular complexity index is 1480. The third-order valence-corrected chi connectivity index (χ3v) is 9.06. The summed E-state index contributed by atoms with van der Waals surface area (Å²) >= 11 is 1.93. The van der Waals surface area contributed by atoms with Gasteiger partial charge < -0.3 is 15.1 Å². The Morgan fingerprint density at radius 3 is 2.29 bits per heavy atom. The number of alkyl halides is 6. The van der Waals surface area contributed by atoms with Crippen molar-refractivity contribution in [3.63, 3.8) is 0 Å². The Kier molecular flexibility index (Phi) is 12.8. The molecule has 0 aliphatic carbocycles. The smallest absolute Gasteiger partial charge is 0.332 e. The fourth-order valence-corrected chi connectivity index (χ4v) is 6.69. The second kappa shape index (κ2) is 15.7. The number of hydrogen-bond donors (Lipinski definition) is 1. The summed E-state index contributed by atoms with van der Waals surface area (Å²) in [5.74, 6) is 3.43. The fraction of sp³-hybridized carbons (Fsp3) is 0.406. The van der Waals surface area contributed by atoms with Gasteiger partial charge in [-0.25, -0.2) is 0 Å². The van der Waals surface area contributed by atoms with E-state index in [4.69, 9.17) is 0 Å². The first-order chi connectivity index (χ1) is 20.5. The van der Waals surface area contributed by atoms with E-state index in [0.29, 0.717) is 43.3 Å². The largest absolute Gasteiger partial charge is 0.416 e. The zero-order chi connectivity index (χ0) is 30.6. The summed E-state index contributed by atoms with van der Waals surface area (Å²) in [6.45, 7) is 2.71. The summed E-state index contributed by atoms with van der Waals surface area (Å²) in [6, 6.07) is 17.2. The van der Waals surface area contributed by atoms with Crippen molar-refractivity contribution in [1.82, 2.24) is 15.1 Å². The summed E-state index contributed by atoms with van der Waals surface area (Å²) in [5, 5.41) is 5.85. The SMILES string of the molecule is Cl.Cl.O=C(c1cc(C(F)(F)F)cc(C(F)(F)F)c1)N1CCN(C#CCCC2CNCCS2)C[C@H]1Cc1cccc2ccccc12. The predicted octanol–water partition coefficient (Wildman–Crippen LogP) is 7.54. The monoisotopic (exact) mass is 691 g/mol. The van der Waals surface area contributed by atoms with Gasteiger partial charge in [-0.2, -0.15) is 38.1 Å². The van der Waals surface area contributed by atoms with Gasteiger partial charge in [-0.1, -0.05) is 48.4 Å². The Hall–Kier alpha value is -2.78. The summed E-state index contributed by atoms with van der Waals surface area (Å²) in [5.41, 5.74) is -2.72. The van der Waals surface area contributed by atoms with Crippen LogP contribution in [0, 0.1) is 12.0 Å². The van der Waals surface area contributed by atoms with E-state index in [1.54, 1.807) is 0 Å². The lowest BCUT2D eigenvalue weighted by Gasteiger charge is -2.40. The van der Waals surface area contributed by atoms with E-state index in [-0.39, 0.29) is 37.4 Å². The molecule has 3 aromatic rings. The number of hydrogen-bond acceptors (Lipinski definition) is 4. The summed E-state index contributed by atoms with van der Waals surface area (Å²) in [4.78, 5) is 17.0. The van der Waals surface area contributed by atoms with Crippen LogP contribution in [0.1, 0.15) is 39.9 Å². The minimum absolute atomic E-state index is 0. The van der Waals surface area contributed by atoms with Gasteiger partial charge in [0.2, 0.25) is 0 Å². The molecule has 13 heteroatoms. The lowest BCUT2D eigenvalue weighted by molar-refractivity contribution is -0.143. The molecule has 2 saturated heterocycles. The van der Waals surface area contributed by atoms with Crippen molar-refractivity contribution in [3.8, 4) is 12.0 Å². The minimum atomic E-state index is -5.04. The van der Waals surface area contributed by atoms with Crippen LogP contribution in [0.2, 0.25) is 0 Å². The summed E-state index contributed by atoms with van der Waals surface area (Å²) in [7, 11) is 0. The highest BCUT2D eigenvalue weighted by Gasteiger charge is 2.39. The lowest BCUT2D eigenvalue weighted by atomic mass is 9.96. The highest BCUT2D eigenvalue weighted by Crippen LogP contribution is 2.37. The maximum absolute atomic E-state index is 13.7. The van der Waals surface area contributed by atoms with Crippen LogP contribution in [0.15, 0.2) is 60.7 Å². The van der Waals surface area contributed by atoms with E-state index in [1.165, 1.54) is 4.90 Å². The molecule has 2 atom stereocenters. The van der Waals surface area contributed by atoms with Crippen molar-refractivity contribution < 1.29 is 31.1 Å². The average molecular weight is 693 g/mol. The first-order valence-corrected chi connectivity index (χ1v) is 15.2. The highest BCUT2D eigenvalue weighted by molar-refractivity contribution is 8.00. The number of nitrogens with zero attached hydrogens (tertiary/aromatic N) is 2. The maximum Gasteiger partial charge on any atom is 0.416 e. The van der Waals surface area contributed by atoms with Gasteiger partial charge in [-0.3, -0.25) is 4.79 Å². The van der Waals surface area contributed by atoms with Crippen molar-refractivity contribution in [2.24, 2.45) is 0 Å². The van der Waals surface area contributed by atoms with Gasteiger partial charge in [-0.05, 0) is 47.4 Å².